The Kier molecular flexibility index (Phi) is 3.82. The van der Waals surface area contributed by atoms with Crippen LogP contribution in [-0.4, -0.2) is 20.8 Å². The average Bonchev–Trinajstić information content (AvgIpc) is 2.64. The van der Waals surface area contributed by atoms with Crippen molar-refractivity contribution in [2.24, 2.45) is 5.92 Å². The predicted molar refractivity (Wildman–Crippen MR) is 64.6 cm³/mol. The summed E-state index contributed by atoms with van der Waals surface area (Å²) in [5, 5.41) is 14.4. The van der Waals surface area contributed by atoms with Crippen molar-refractivity contribution in [2.75, 3.05) is 0 Å². The van der Waals surface area contributed by atoms with Gasteiger partial charge < -0.3 is 9.63 Å². The maximum absolute atomic E-state index is 10.5. The number of hydrogen-bond donors (Lipinski definition) is 1. The molecule has 0 bridgehead atoms. The van der Waals surface area contributed by atoms with Crippen molar-refractivity contribution in [1.29, 1.82) is 0 Å². The number of rotatable bonds is 4. The summed E-state index contributed by atoms with van der Waals surface area (Å²) in [4.78, 5) is 4.33. The van der Waals surface area contributed by atoms with Gasteiger partial charge >= 0.3 is 0 Å². The minimum atomic E-state index is -0.631. The molecule has 1 aliphatic rings. The van der Waals surface area contributed by atoms with Crippen molar-refractivity contribution < 1.29 is 9.63 Å². The van der Waals surface area contributed by atoms with Gasteiger partial charge in [-0.15, -0.1) is 0 Å². The molecule has 2 rings (SSSR count). The fourth-order valence-corrected chi connectivity index (χ4v) is 2.76. The van der Waals surface area contributed by atoms with Crippen molar-refractivity contribution in [2.45, 2.75) is 64.4 Å². The Morgan fingerprint density at radius 2 is 2.35 bits per heavy atom. The van der Waals surface area contributed by atoms with E-state index in [0.717, 1.165) is 37.9 Å². The largest absolute Gasteiger partial charge is 0.389 e. The van der Waals surface area contributed by atoms with E-state index >= 15 is 0 Å². The van der Waals surface area contributed by atoms with Gasteiger partial charge in [-0.25, -0.2) is 0 Å². The van der Waals surface area contributed by atoms with Gasteiger partial charge in [0.25, 0.3) is 0 Å². The summed E-state index contributed by atoms with van der Waals surface area (Å²) in [6, 6.07) is 0. The van der Waals surface area contributed by atoms with Crippen molar-refractivity contribution in [1.82, 2.24) is 10.1 Å². The maximum Gasteiger partial charge on any atom is 0.229 e. The van der Waals surface area contributed by atoms with Crippen molar-refractivity contribution >= 4 is 0 Å². The summed E-state index contributed by atoms with van der Waals surface area (Å²) < 4.78 is 5.20. The van der Waals surface area contributed by atoms with Crippen LogP contribution >= 0.6 is 0 Å². The molecule has 17 heavy (non-hydrogen) atoms. The molecule has 4 heteroatoms. The molecule has 0 saturated heterocycles. The minimum absolute atomic E-state index is 0.508. The third-order valence-corrected chi connectivity index (χ3v) is 3.53. The van der Waals surface area contributed by atoms with Crippen LogP contribution in [0.4, 0.5) is 0 Å². The van der Waals surface area contributed by atoms with Gasteiger partial charge in [0.15, 0.2) is 5.82 Å². The van der Waals surface area contributed by atoms with E-state index in [1.54, 1.807) is 0 Å². The van der Waals surface area contributed by atoms with Crippen LogP contribution in [0.15, 0.2) is 4.52 Å². The molecule has 1 saturated carbocycles. The third-order valence-electron chi connectivity index (χ3n) is 3.53. The van der Waals surface area contributed by atoms with Crippen LogP contribution in [-0.2, 0) is 12.8 Å². The summed E-state index contributed by atoms with van der Waals surface area (Å²) in [7, 11) is 0. The monoisotopic (exact) mass is 238 g/mol. The average molecular weight is 238 g/mol. The van der Waals surface area contributed by atoms with Gasteiger partial charge in [0, 0.05) is 6.42 Å². The van der Waals surface area contributed by atoms with Gasteiger partial charge in [-0.2, -0.15) is 4.98 Å². The summed E-state index contributed by atoms with van der Waals surface area (Å²) in [5.41, 5.74) is -0.631. The topological polar surface area (TPSA) is 59.2 Å². The first-order valence-corrected chi connectivity index (χ1v) is 6.65. The Hall–Kier alpha value is -0.900. The second kappa shape index (κ2) is 5.17. The van der Waals surface area contributed by atoms with E-state index in [4.69, 9.17) is 4.52 Å². The second-order valence-corrected chi connectivity index (χ2v) is 5.46. The standard InChI is InChI=1S/C13H22N2O2/c1-3-5-11-14-12(17-15-11)9-13(16)7-4-6-10(2)8-13/h10,16H,3-9H2,1-2H3/t10-,13-/m0/s1. The summed E-state index contributed by atoms with van der Waals surface area (Å²) in [6.07, 6.45) is 6.37. The Bertz CT molecular complexity index is 364. The quantitative estimate of drug-likeness (QED) is 0.875. The molecule has 1 heterocycles. The van der Waals surface area contributed by atoms with Crippen LogP contribution in [0.5, 0.6) is 0 Å². The number of aryl methyl sites for hydroxylation is 1. The number of hydrogen-bond acceptors (Lipinski definition) is 4. The van der Waals surface area contributed by atoms with E-state index in [0.29, 0.717) is 18.2 Å². The zero-order valence-corrected chi connectivity index (χ0v) is 10.8. The lowest BCUT2D eigenvalue weighted by Gasteiger charge is -2.34. The molecule has 1 fully saturated rings. The highest BCUT2D eigenvalue weighted by molar-refractivity contribution is 4.95. The normalized spacial score (nSPS) is 29.5. The van der Waals surface area contributed by atoms with Crippen LogP contribution in [0, 0.1) is 5.92 Å². The molecule has 0 unspecified atom stereocenters. The molecule has 0 radical (unpaired) electrons. The lowest BCUT2D eigenvalue weighted by molar-refractivity contribution is -0.0180. The first kappa shape index (κ1) is 12.6. The fourth-order valence-electron chi connectivity index (χ4n) is 2.76. The van der Waals surface area contributed by atoms with Crippen LogP contribution in [0.1, 0.15) is 57.7 Å². The van der Waals surface area contributed by atoms with Gasteiger partial charge in [0.05, 0.1) is 12.0 Å². The molecule has 1 aromatic heterocycles. The Balaban J connectivity index is 1.98. The summed E-state index contributed by atoms with van der Waals surface area (Å²) in [6.45, 7) is 4.28. The van der Waals surface area contributed by atoms with Crippen LogP contribution in [0.25, 0.3) is 0 Å². The molecule has 96 valence electrons. The highest BCUT2D eigenvalue weighted by atomic mass is 16.5. The van der Waals surface area contributed by atoms with E-state index < -0.39 is 5.60 Å². The molecule has 0 aromatic carbocycles. The second-order valence-electron chi connectivity index (χ2n) is 5.46. The molecule has 1 aliphatic carbocycles. The van der Waals surface area contributed by atoms with Gasteiger partial charge in [0.2, 0.25) is 5.89 Å². The third kappa shape index (κ3) is 3.28. The molecule has 4 nitrogen and oxygen atoms in total. The molecule has 0 amide bonds. The predicted octanol–water partition coefficient (Wildman–Crippen LogP) is 2.51. The molecule has 0 spiro atoms. The van der Waals surface area contributed by atoms with Crippen LogP contribution in [0.2, 0.25) is 0 Å². The zero-order chi connectivity index (χ0) is 12.3. The first-order valence-electron chi connectivity index (χ1n) is 6.65. The van der Waals surface area contributed by atoms with Crippen molar-refractivity contribution in [3.63, 3.8) is 0 Å². The van der Waals surface area contributed by atoms with Gasteiger partial charge in [-0.3, -0.25) is 0 Å². The van der Waals surface area contributed by atoms with Crippen LogP contribution < -0.4 is 0 Å². The Morgan fingerprint density at radius 1 is 1.53 bits per heavy atom. The fraction of sp³-hybridized carbons (Fsp3) is 0.846. The Morgan fingerprint density at radius 3 is 3.06 bits per heavy atom. The van der Waals surface area contributed by atoms with E-state index in [2.05, 4.69) is 24.0 Å². The van der Waals surface area contributed by atoms with Gasteiger partial charge in [0.1, 0.15) is 0 Å². The molecule has 1 aromatic rings. The lowest BCUT2D eigenvalue weighted by atomic mass is 9.77. The first-order chi connectivity index (χ1) is 8.11. The van der Waals surface area contributed by atoms with Crippen LogP contribution in [0.3, 0.4) is 0 Å². The maximum atomic E-state index is 10.5. The molecule has 2 atom stereocenters. The molecular weight excluding hydrogens is 216 g/mol. The highest BCUT2D eigenvalue weighted by Gasteiger charge is 2.34. The number of aliphatic hydroxyl groups is 1. The summed E-state index contributed by atoms with van der Waals surface area (Å²) >= 11 is 0. The van der Waals surface area contributed by atoms with E-state index in [-0.39, 0.29) is 0 Å². The molecule has 0 aliphatic heterocycles. The summed E-state index contributed by atoms with van der Waals surface area (Å²) in [5.74, 6) is 1.94. The Labute approximate surface area is 102 Å². The van der Waals surface area contributed by atoms with Gasteiger partial charge in [-0.1, -0.05) is 31.8 Å². The molecular formula is C13H22N2O2. The number of nitrogens with zero attached hydrogens (tertiary/aromatic N) is 2. The van der Waals surface area contributed by atoms with E-state index in [9.17, 15) is 5.11 Å². The van der Waals surface area contributed by atoms with Crippen molar-refractivity contribution in [3.05, 3.63) is 11.7 Å². The zero-order valence-electron chi connectivity index (χ0n) is 10.8. The van der Waals surface area contributed by atoms with E-state index in [1.807, 2.05) is 0 Å². The molecule has 1 N–H and O–H groups in total. The lowest BCUT2D eigenvalue weighted by Crippen LogP contribution is -2.36. The van der Waals surface area contributed by atoms with E-state index in [1.165, 1.54) is 6.42 Å². The number of aromatic nitrogens is 2. The van der Waals surface area contributed by atoms with Crippen molar-refractivity contribution in [3.8, 4) is 0 Å². The SMILES string of the molecule is CCCc1noc(C[C@]2(O)CCC[C@H](C)C2)n1. The minimum Gasteiger partial charge on any atom is -0.389 e. The van der Waals surface area contributed by atoms with Gasteiger partial charge in [-0.05, 0) is 25.2 Å². The highest BCUT2D eigenvalue weighted by Crippen LogP contribution is 2.34. The smallest absolute Gasteiger partial charge is 0.229 e.